The molecule has 26 heavy (non-hydrogen) atoms. The summed E-state index contributed by atoms with van der Waals surface area (Å²) in [6, 6.07) is 10.3. The van der Waals surface area contributed by atoms with Crippen molar-refractivity contribution in [3.05, 3.63) is 71.0 Å². The van der Waals surface area contributed by atoms with Gasteiger partial charge in [-0.15, -0.1) is 0 Å². The highest BCUT2D eigenvalue weighted by molar-refractivity contribution is 5.19. The zero-order valence-electron chi connectivity index (χ0n) is 14.5. The second-order valence-corrected chi connectivity index (χ2v) is 6.74. The van der Waals surface area contributed by atoms with Gasteiger partial charge in [0.2, 0.25) is 0 Å². The smallest absolute Gasteiger partial charge is 0.127 e. The molecule has 0 saturated carbocycles. The van der Waals surface area contributed by atoms with Crippen molar-refractivity contribution in [1.82, 2.24) is 9.80 Å². The summed E-state index contributed by atoms with van der Waals surface area (Å²) in [6.45, 7) is 3.06. The summed E-state index contributed by atoms with van der Waals surface area (Å²) in [4.78, 5) is 4.28. The molecule has 1 unspecified atom stereocenters. The fourth-order valence-electron chi connectivity index (χ4n) is 3.54. The molecule has 1 saturated heterocycles. The third kappa shape index (κ3) is 4.84. The molecule has 0 radical (unpaired) electrons. The van der Waals surface area contributed by atoms with Crippen LogP contribution in [-0.2, 0) is 13.1 Å². The Hall–Kier alpha value is -1.89. The van der Waals surface area contributed by atoms with Crippen molar-refractivity contribution in [2.45, 2.75) is 25.6 Å². The predicted octanol–water partition coefficient (Wildman–Crippen LogP) is 3.17. The van der Waals surface area contributed by atoms with Crippen LogP contribution in [0.1, 0.15) is 17.5 Å². The predicted molar refractivity (Wildman–Crippen MR) is 93.9 cm³/mol. The average Bonchev–Trinajstić information content (AvgIpc) is 2.58. The van der Waals surface area contributed by atoms with E-state index in [2.05, 4.69) is 9.80 Å². The summed E-state index contributed by atoms with van der Waals surface area (Å²) < 4.78 is 40.7. The molecular weight excluding hydrogens is 341 g/mol. The summed E-state index contributed by atoms with van der Waals surface area (Å²) in [6.07, 6.45) is 0.572. The summed E-state index contributed by atoms with van der Waals surface area (Å²) >= 11 is 0. The highest BCUT2D eigenvalue weighted by Gasteiger charge is 2.27. The van der Waals surface area contributed by atoms with Crippen molar-refractivity contribution < 1.29 is 18.3 Å². The lowest BCUT2D eigenvalue weighted by molar-refractivity contribution is 0.0492. The zero-order chi connectivity index (χ0) is 18.5. The van der Waals surface area contributed by atoms with E-state index in [9.17, 15) is 18.3 Å². The van der Waals surface area contributed by atoms with E-state index in [4.69, 9.17) is 0 Å². The van der Waals surface area contributed by atoms with Crippen LogP contribution in [0, 0.1) is 17.5 Å². The van der Waals surface area contributed by atoms with Gasteiger partial charge in [-0.2, -0.15) is 0 Å². The van der Waals surface area contributed by atoms with E-state index in [0.717, 1.165) is 6.07 Å². The number of aliphatic hydroxyl groups is 1. The third-order valence-corrected chi connectivity index (χ3v) is 4.81. The first kappa shape index (κ1) is 18.9. The first-order chi connectivity index (χ1) is 12.5. The van der Waals surface area contributed by atoms with Crippen molar-refractivity contribution >= 4 is 0 Å². The fourth-order valence-corrected chi connectivity index (χ4v) is 3.54. The maximum atomic E-state index is 13.9. The number of aliphatic hydroxyl groups excluding tert-OH is 1. The number of halogens is 3. The molecule has 6 heteroatoms. The minimum absolute atomic E-state index is 0.0425. The molecule has 1 fully saturated rings. The summed E-state index contributed by atoms with van der Waals surface area (Å²) in [7, 11) is 0. The first-order valence-electron chi connectivity index (χ1n) is 8.81. The first-order valence-corrected chi connectivity index (χ1v) is 8.81. The van der Waals surface area contributed by atoms with Crippen LogP contribution in [0.4, 0.5) is 13.2 Å². The van der Waals surface area contributed by atoms with Gasteiger partial charge in [-0.3, -0.25) is 9.80 Å². The maximum absolute atomic E-state index is 13.9. The lowest BCUT2D eigenvalue weighted by Gasteiger charge is -2.41. The average molecular weight is 364 g/mol. The number of benzene rings is 2. The van der Waals surface area contributed by atoms with Crippen molar-refractivity contribution in [1.29, 1.82) is 0 Å². The van der Waals surface area contributed by atoms with Crippen LogP contribution in [0.15, 0.2) is 42.5 Å². The van der Waals surface area contributed by atoms with Gasteiger partial charge < -0.3 is 5.11 Å². The third-order valence-electron chi connectivity index (χ3n) is 4.81. The van der Waals surface area contributed by atoms with Crippen LogP contribution in [-0.4, -0.2) is 47.2 Å². The molecule has 0 aromatic heterocycles. The summed E-state index contributed by atoms with van der Waals surface area (Å²) in [5, 5.41) is 9.39. The Morgan fingerprint density at radius 2 is 1.69 bits per heavy atom. The van der Waals surface area contributed by atoms with Crippen LogP contribution in [0.3, 0.4) is 0 Å². The zero-order valence-corrected chi connectivity index (χ0v) is 14.5. The topological polar surface area (TPSA) is 26.7 Å². The van der Waals surface area contributed by atoms with Gasteiger partial charge >= 0.3 is 0 Å². The molecule has 2 aromatic carbocycles. The molecule has 1 aliphatic rings. The lowest BCUT2D eigenvalue weighted by Crippen LogP contribution is -2.52. The van der Waals surface area contributed by atoms with Crippen molar-refractivity contribution in [3.63, 3.8) is 0 Å². The number of piperazine rings is 1. The van der Waals surface area contributed by atoms with E-state index in [1.807, 2.05) is 6.07 Å². The highest BCUT2D eigenvalue weighted by Crippen LogP contribution is 2.20. The van der Waals surface area contributed by atoms with E-state index in [0.29, 0.717) is 50.3 Å². The molecule has 1 atom stereocenters. The number of hydrogen-bond donors (Lipinski definition) is 1. The molecule has 3 rings (SSSR count). The molecule has 0 spiro atoms. The van der Waals surface area contributed by atoms with Crippen LogP contribution < -0.4 is 0 Å². The molecule has 1 aliphatic heterocycles. The Labute approximate surface area is 151 Å². The Bertz CT molecular complexity index is 720. The minimum Gasteiger partial charge on any atom is -0.396 e. The second kappa shape index (κ2) is 8.66. The van der Waals surface area contributed by atoms with E-state index >= 15 is 0 Å². The van der Waals surface area contributed by atoms with Gasteiger partial charge in [0, 0.05) is 57.0 Å². The van der Waals surface area contributed by atoms with Crippen LogP contribution >= 0.6 is 0 Å². The lowest BCUT2D eigenvalue weighted by atomic mass is 10.1. The SMILES string of the molecule is OCCC1CN(Cc2cc(F)cc(F)c2)CCN1Cc1ccccc1F. The molecule has 0 bridgehead atoms. The van der Waals surface area contributed by atoms with Gasteiger partial charge in [0.05, 0.1) is 0 Å². The van der Waals surface area contributed by atoms with E-state index in [-0.39, 0.29) is 18.5 Å². The number of nitrogens with zero attached hydrogens (tertiary/aromatic N) is 2. The second-order valence-electron chi connectivity index (χ2n) is 6.74. The van der Waals surface area contributed by atoms with Crippen LogP contribution in [0.2, 0.25) is 0 Å². The van der Waals surface area contributed by atoms with Gasteiger partial charge in [-0.1, -0.05) is 18.2 Å². The minimum atomic E-state index is -0.579. The molecule has 1 N–H and O–H groups in total. The van der Waals surface area contributed by atoms with Crippen LogP contribution in [0.25, 0.3) is 0 Å². The number of hydrogen-bond acceptors (Lipinski definition) is 3. The Morgan fingerprint density at radius 1 is 0.962 bits per heavy atom. The quantitative estimate of drug-likeness (QED) is 0.853. The van der Waals surface area contributed by atoms with E-state index in [1.54, 1.807) is 12.1 Å². The van der Waals surface area contributed by atoms with Gasteiger partial charge in [-0.05, 0) is 30.2 Å². The van der Waals surface area contributed by atoms with Gasteiger partial charge in [-0.25, -0.2) is 13.2 Å². The Kier molecular flexibility index (Phi) is 6.29. The molecule has 140 valence electrons. The number of rotatable bonds is 6. The van der Waals surface area contributed by atoms with Crippen molar-refractivity contribution in [2.75, 3.05) is 26.2 Å². The van der Waals surface area contributed by atoms with Crippen molar-refractivity contribution in [3.8, 4) is 0 Å². The highest BCUT2D eigenvalue weighted by atomic mass is 19.1. The van der Waals surface area contributed by atoms with E-state index < -0.39 is 11.6 Å². The van der Waals surface area contributed by atoms with Gasteiger partial charge in [0.25, 0.3) is 0 Å². The normalized spacial score (nSPS) is 19.0. The molecular formula is C20H23F3N2O. The molecule has 3 nitrogen and oxygen atoms in total. The maximum Gasteiger partial charge on any atom is 0.127 e. The van der Waals surface area contributed by atoms with E-state index in [1.165, 1.54) is 18.2 Å². The Balaban J connectivity index is 1.66. The Morgan fingerprint density at radius 3 is 2.38 bits per heavy atom. The monoisotopic (exact) mass is 364 g/mol. The largest absolute Gasteiger partial charge is 0.396 e. The molecule has 0 aliphatic carbocycles. The van der Waals surface area contributed by atoms with Gasteiger partial charge in [0.1, 0.15) is 17.5 Å². The van der Waals surface area contributed by atoms with Crippen LogP contribution in [0.5, 0.6) is 0 Å². The van der Waals surface area contributed by atoms with Crippen molar-refractivity contribution in [2.24, 2.45) is 0 Å². The molecule has 0 amide bonds. The summed E-state index contributed by atoms with van der Waals surface area (Å²) in [5.74, 6) is -1.39. The summed E-state index contributed by atoms with van der Waals surface area (Å²) in [5.41, 5.74) is 1.23. The molecule has 1 heterocycles. The fraction of sp³-hybridized carbons (Fsp3) is 0.400. The molecule has 2 aromatic rings. The standard InChI is InChI=1S/C20H23F3N2O/c21-17-9-15(10-18(22)11-17)12-24-6-7-25(19(14-24)5-8-26)13-16-3-1-2-4-20(16)23/h1-4,9-11,19,26H,5-8,12-14H2. The van der Waals surface area contributed by atoms with Gasteiger partial charge in [0.15, 0.2) is 0 Å².